The highest BCUT2D eigenvalue weighted by Crippen LogP contribution is 2.35. The summed E-state index contributed by atoms with van der Waals surface area (Å²) in [6.45, 7) is 8.59. The molecule has 186 valence electrons. The van der Waals surface area contributed by atoms with Gasteiger partial charge in [-0.15, -0.1) is 0 Å². The van der Waals surface area contributed by atoms with Crippen LogP contribution in [0.1, 0.15) is 29.3 Å². The highest BCUT2D eigenvalue weighted by molar-refractivity contribution is 7.45. The zero-order chi connectivity index (χ0) is 25.5. The molecular formula is C25H35FN3O4P. The molecule has 2 aliphatic rings. The van der Waals surface area contributed by atoms with Crippen molar-refractivity contribution in [2.45, 2.75) is 20.3 Å². The zero-order valence-corrected chi connectivity index (χ0v) is 21.2. The van der Waals surface area contributed by atoms with E-state index in [2.05, 4.69) is 29.5 Å². The van der Waals surface area contributed by atoms with Crippen LogP contribution < -0.4 is 20.8 Å². The van der Waals surface area contributed by atoms with Gasteiger partial charge in [-0.2, -0.15) is 0 Å². The number of nitrogens with zero attached hydrogens (tertiary/aromatic N) is 1. The summed E-state index contributed by atoms with van der Waals surface area (Å²) in [6, 6.07) is 10.8. The zero-order valence-electron chi connectivity index (χ0n) is 20.3. The molecule has 2 fully saturated rings. The van der Waals surface area contributed by atoms with E-state index < -0.39 is 8.03 Å². The maximum absolute atomic E-state index is 12.6. The number of likely N-dealkylation sites (N-methyl/N-ethyl adjacent to an activating group) is 1. The van der Waals surface area contributed by atoms with E-state index in [0.29, 0.717) is 29.2 Å². The van der Waals surface area contributed by atoms with Crippen molar-refractivity contribution in [3.63, 3.8) is 0 Å². The Morgan fingerprint density at radius 2 is 1.82 bits per heavy atom. The van der Waals surface area contributed by atoms with Gasteiger partial charge in [0, 0.05) is 56.5 Å². The summed E-state index contributed by atoms with van der Waals surface area (Å²) in [6.07, 6.45) is 2.79. The summed E-state index contributed by atoms with van der Waals surface area (Å²) in [5, 5.41) is 6.37. The van der Waals surface area contributed by atoms with Crippen LogP contribution in [0.3, 0.4) is 0 Å². The van der Waals surface area contributed by atoms with Gasteiger partial charge >= 0.3 is 8.03 Å². The molecule has 2 N–H and O–H groups in total. The molecule has 1 aliphatic carbocycles. The van der Waals surface area contributed by atoms with Gasteiger partial charge in [-0.1, -0.05) is 23.6 Å². The molecule has 0 aromatic heterocycles. The van der Waals surface area contributed by atoms with Crippen molar-refractivity contribution >= 4 is 31.6 Å². The first-order valence-corrected chi connectivity index (χ1v) is 12.4. The number of anilines is 1. The highest BCUT2D eigenvalue weighted by Gasteiger charge is 2.31. The van der Waals surface area contributed by atoms with Gasteiger partial charge in [-0.3, -0.25) is 4.79 Å². The number of benzene rings is 2. The van der Waals surface area contributed by atoms with Crippen LogP contribution in [0, 0.1) is 24.6 Å². The van der Waals surface area contributed by atoms with Gasteiger partial charge in [0.2, 0.25) is 0 Å². The van der Waals surface area contributed by atoms with Crippen molar-refractivity contribution in [2.75, 3.05) is 45.6 Å². The van der Waals surface area contributed by atoms with Crippen molar-refractivity contribution in [3.8, 4) is 0 Å². The Hall–Kier alpha value is -2.51. The van der Waals surface area contributed by atoms with Gasteiger partial charge in [0.05, 0.1) is 0 Å². The minimum absolute atomic E-state index is 0.154. The average Bonchev–Trinajstić information content (AvgIpc) is 3.58. The highest BCUT2D eigenvalue weighted by atomic mass is 31.1. The molecule has 1 saturated heterocycles. The number of aryl methyl sites for hydroxylation is 1. The van der Waals surface area contributed by atoms with E-state index in [4.69, 9.17) is 0 Å². The predicted molar refractivity (Wildman–Crippen MR) is 133 cm³/mol. The second-order valence-electron chi connectivity index (χ2n) is 8.25. The third-order valence-electron chi connectivity index (χ3n) is 5.35. The van der Waals surface area contributed by atoms with E-state index in [-0.39, 0.29) is 11.1 Å². The molecule has 1 heterocycles. The second kappa shape index (κ2) is 16.2. The van der Waals surface area contributed by atoms with E-state index >= 15 is 0 Å². The molecule has 9 heteroatoms. The average molecular weight is 492 g/mol. The molecule has 1 saturated carbocycles. The Labute approximate surface area is 202 Å². The summed E-state index contributed by atoms with van der Waals surface area (Å²) in [4.78, 5) is 32.7. The molecule has 2 aromatic rings. The standard InChI is InChI=1S/C8H10FN.C7H5O3P.C5H12N2.C5H8O/c1-6-5-7(10-2)3-4-8(6)9;8-5-6-2-1-3-7(4-6)11(9)10;1-7-4-2-6-3-5-7;1-4-2-5(4)3-6/h3-5,10H,1-2H3;1-5H;6H,2-5H2,1H3;3-5H,2H2,1H3. The van der Waals surface area contributed by atoms with E-state index in [1.165, 1.54) is 37.4 Å². The third-order valence-corrected chi connectivity index (χ3v) is 6.05. The predicted octanol–water partition coefficient (Wildman–Crippen LogP) is 2.77. The number of carbonyl (C=O) groups is 2. The molecule has 4 rings (SSSR count). The van der Waals surface area contributed by atoms with Crippen LogP contribution in [0.5, 0.6) is 0 Å². The molecule has 34 heavy (non-hydrogen) atoms. The maximum Gasteiger partial charge on any atom is 0.348 e. The molecule has 2 aromatic carbocycles. The van der Waals surface area contributed by atoms with Gasteiger partial charge in [0.15, 0.2) is 5.30 Å². The summed E-state index contributed by atoms with van der Waals surface area (Å²) in [5.41, 5.74) is 1.99. The number of piperazine rings is 1. The van der Waals surface area contributed by atoms with Crippen LogP contribution in [0.25, 0.3) is 0 Å². The lowest BCUT2D eigenvalue weighted by atomic mass is 10.2. The van der Waals surface area contributed by atoms with E-state index in [0.717, 1.165) is 31.5 Å². The number of halogens is 1. The maximum atomic E-state index is 12.6. The molecule has 0 radical (unpaired) electrons. The van der Waals surface area contributed by atoms with Crippen LogP contribution in [0.2, 0.25) is 0 Å². The van der Waals surface area contributed by atoms with Gasteiger partial charge in [0.1, 0.15) is 18.4 Å². The largest absolute Gasteiger partial charge is 0.591 e. The summed E-state index contributed by atoms with van der Waals surface area (Å²) in [5.74, 6) is 0.964. The first-order chi connectivity index (χ1) is 16.2. The van der Waals surface area contributed by atoms with Crippen LogP contribution >= 0.6 is 8.03 Å². The second-order valence-corrected chi connectivity index (χ2v) is 9.28. The number of carbonyl (C=O) groups excluding carboxylic acids is 2. The lowest BCUT2D eigenvalue weighted by Crippen LogP contribution is -2.40. The fourth-order valence-electron chi connectivity index (χ4n) is 2.83. The van der Waals surface area contributed by atoms with Crippen LogP contribution in [-0.4, -0.2) is 57.7 Å². The van der Waals surface area contributed by atoms with Crippen molar-refractivity contribution in [3.05, 3.63) is 59.4 Å². The SMILES string of the molecule is CC1CC1C=O.CN1CCNCC1.CNc1ccc(F)c(C)c1.O=Cc1cccc([P+](=O)[O-])c1. The van der Waals surface area contributed by atoms with Crippen LogP contribution in [0.4, 0.5) is 10.1 Å². The lowest BCUT2D eigenvalue weighted by Gasteiger charge is -2.21. The number of rotatable bonds is 4. The molecule has 0 amide bonds. The molecule has 3 unspecified atom stereocenters. The normalized spacial score (nSPS) is 18.9. The number of hydrogen-bond donors (Lipinski definition) is 2. The number of hydrogen-bond acceptors (Lipinski definition) is 7. The number of aldehydes is 2. The van der Waals surface area contributed by atoms with Crippen LogP contribution in [0.15, 0.2) is 42.5 Å². The third kappa shape index (κ3) is 12.1. The van der Waals surface area contributed by atoms with Gasteiger partial charge in [-0.25, -0.2) is 4.39 Å². The summed E-state index contributed by atoms with van der Waals surface area (Å²) < 4.78 is 23.0. The Balaban J connectivity index is 0.000000233. The van der Waals surface area contributed by atoms with E-state index in [1.807, 2.05) is 7.05 Å². The summed E-state index contributed by atoms with van der Waals surface area (Å²) in [7, 11) is 1.39. The van der Waals surface area contributed by atoms with Crippen molar-refractivity contribution in [1.29, 1.82) is 0 Å². The molecule has 0 bridgehead atoms. The Kier molecular flexibility index (Phi) is 14.0. The number of nitrogens with one attached hydrogen (secondary N) is 2. The first-order valence-electron chi connectivity index (χ1n) is 11.2. The topological polar surface area (TPSA) is 102 Å². The minimum atomic E-state index is -2.58. The summed E-state index contributed by atoms with van der Waals surface area (Å²) >= 11 is 0. The van der Waals surface area contributed by atoms with E-state index in [9.17, 15) is 23.4 Å². The molecule has 1 aliphatic heterocycles. The Bertz CT molecular complexity index is 923. The first kappa shape index (κ1) is 29.5. The monoisotopic (exact) mass is 491 g/mol. The smallest absolute Gasteiger partial charge is 0.348 e. The fourth-order valence-corrected chi connectivity index (χ4v) is 3.29. The van der Waals surface area contributed by atoms with Crippen molar-refractivity contribution < 1.29 is 23.4 Å². The quantitative estimate of drug-likeness (QED) is 0.501. The van der Waals surface area contributed by atoms with Gasteiger partial charge in [-0.05, 0) is 56.1 Å². The Morgan fingerprint density at radius 3 is 2.21 bits per heavy atom. The Morgan fingerprint density at radius 1 is 1.18 bits per heavy atom. The molecular weight excluding hydrogens is 456 g/mol. The molecule has 0 spiro atoms. The van der Waals surface area contributed by atoms with Crippen LogP contribution in [-0.2, 0) is 9.36 Å². The fraction of sp³-hybridized carbons (Fsp3) is 0.440. The van der Waals surface area contributed by atoms with Crippen molar-refractivity contribution in [2.24, 2.45) is 11.8 Å². The van der Waals surface area contributed by atoms with Gasteiger partial charge < -0.3 is 25.2 Å². The van der Waals surface area contributed by atoms with E-state index in [1.54, 1.807) is 25.1 Å². The molecule has 3 atom stereocenters. The minimum Gasteiger partial charge on any atom is -0.591 e. The molecule has 7 nitrogen and oxygen atoms in total. The lowest BCUT2D eigenvalue weighted by molar-refractivity contribution is -0.160. The van der Waals surface area contributed by atoms with Crippen molar-refractivity contribution in [1.82, 2.24) is 10.2 Å². The van der Waals surface area contributed by atoms with Gasteiger partial charge in [0.25, 0.3) is 0 Å².